The highest BCUT2D eigenvalue weighted by atomic mass is 19.1. The van der Waals surface area contributed by atoms with Gasteiger partial charge in [-0.1, -0.05) is 30.3 Å². The van der Waals surface area contributed by atoms with Gasteiger partial charge in [0.1, 0.15) is 23.7 Å². The molecule has 4 nitrogen and oxygen atoms in total. The largest absolute Gasteiger partial charge is 0.487 e. The van der Waals surface area contributed by atoms with Gasteiger partial charge in [-0.25, -0.2) is 9.18 Å². The number of esters is 1. The molecule has 0 fully saturated rings. The number of rotatable bonds is 6. The summed E-state index contributed by atoms with van der Waals surface area (Å²) >= 11 is 0. The number of para-hydroxylation sites is 1. The number of carbonyl (C=O) groups is 1. The molecule has 2 aromatic carbocycles. The van der Waals surface area contributed by atoms with Gasteiger partial charge in [-0.2, -0.15) is 0 Å². The topological polar surface area (TPSA) is 48.4 Å². The minimum absolute atomic E-state index is 0.217. The van der Waals surface area contributed by atoms with E-state index in [9.17, 15) is 9.18 Å². The molecule has 3 rings (SSSR count). The Morgan fingerprint density at radius 1 is 1.19 bits per heavy atom. The Morgan fingerprint density at radius 2 is 2.04 bits per heavy atom. The predicted molar refractivity (Wildman–Crippen MR) is 98.1 cm³/mol. The number of aromatic nitrogens is 1. The Labute approximate surface area is 150 Å². The minimum Gasteiger partial charge on any atom is -0.487 e. The fraction of sp³-hybridized carbons (Fsp3) is 0.143. The molecule has 1 aromatic heterocycles. The summed E-state index contributed by atoms with van der Waals surface area (Å²) in [5.74, 6) is -0.278. The van der Waals surface area contributed by atoms with E-state index in [1.54, 1.807) is 25.3 Å². The number of fused-ring (bicyclic) bond motifs is 1. The van der Waals surface area contributed by atoms with E-state index in [0.717, 1.165) is 10.9 Å². The lowest BCUT2D eigenvalue weighted by molar-refractivity contribution is -0.137. The van der Waals surface area contributed by atoms with Gasteiger partial charge in [0, 0.05) is 23.2 Å². The second-order valence-electron chi connectivity index (χ2n) is 5.56. The first-order chi connectivity index (χ1) is 12.7. The molecule has 0 radical (unpaired) electrons. The van der Waals surface area contributed by atoms with Crippen molar-refractivity contribution in [1.82, 2.24) is 4.98 Å². The molecule has 0 saturated carbocycles. The third-order valence-electron chi connectivity index (χ3n) is 3.74. The normalized spacial score (nSPS) is 11.0. The van der Waals surface area contributed by atoms with Crippen molar-refractivity contribution in [1.29, 1.82) is 0 Å². The van der Waals surface area contributed by atoms with Crippen LogP contribution in [0.2, 0.25) is 0 Å². The van der Waals surface area contributed by atoms with Crippen molar-refractivity contribution in [2.24, 2.45) is 0 Å². The van der Waals surface area contributed by atoms with Crippen LogP contribution in [0.5, 0.6) is 5.75 Å². The first-order valence-corrected chi connectivity index (χ1v) is 8.27. The highest BCUT2D eigenvalue weighted by Gasteiger charge is 2.06. The van der Waals surface area contributed by atoms with Crippen LogP contribution in [0.15, 0.2) is 60.8 Å². The smallest absolute Gasteiger partial charge is 0.330 e. The summed E-state index contributed by atoms with van der Waals surface area (Å²) < 4.78 is 24.8. The zero-order valence-electron chi connectivity index (χ0n) is 14.3. The van der Waals surface area contributed by atoms with Crippen molar-refractivity contribution in [3.63, 3.8) is 0 Å². The van der Waals surface area contributed by atoms with Crippen molar-refractivity contribution in [2.75, 3.05) is 6.61 Å². The fourth-order valence-corrected chi connectivity index (χ4v) is 2.50. The maximum absolute atomic E-state index is 14.2. The highest BCUT2D eigenvalue weighted by Crippen LogP contribution is 2.24. The molecule has 0 bridgehead atoms. The second-order valence-corrected chi connectivity index (χ2v) is 5.56. The summed E-state index contributed by atoms with van der Waals surface area (Å²) in [6.07, 6.45) is 4.31. The van der Waals surface area contributed by atoms with Crippen molar-refractivity contribution in [2.45, 2.75) is 13.5 Å². The van der Waals surface area contributed by atoms with E-state index in [1.165, 1.54) is 18.2 Å². The molecule has 0 spiro atoms. The Hall–Kier alpha value is -3.21. The molecule has 3 aromatic rings. The lowest BCUT2D eigenvalue weighted by Crippen LogP contribution is -2.00. The minimum atomic E-state index is -0.497. The number of benzene rings is 2. The van der Waals surface area contributed by atoms with Crippen LogP contribution >= 0.6 is 0 Å². The third kappa shape index (κ3) is 4.25. The molecule has 26 heavy (non-hydrogen) atoms. The molecule has 0 aliphatic heterocycles. The standard InChI is InChI=1S/C21H18FNO3/c1-2-25-20(24)11-10-16-9-8-15(13-18(16)22)14-26-19-7-3-5-17-6-4-12-23-21(17)19/h3-13H,2,14H2,1H3/b11-10+. The zero-order chi connectivity index (χ0) is 18.4. The fourth-order valence-electron chi connectivity index (χ4n) is 2.50. The van der Waals surface area contributed by atoms with Crippen LogP contribution in [0, 0.1) is 5.82 Å². The molecule has 132 valence electrons. The average molecular weight is 351 g/mol. The van der Waals surface area contributed by atoms with Crippen molar-refractivity contribution in [3.8, 4) is 5.75 Å². The van der Waals surface area contributed by atoms with Crippen molar-refractivity contribution >= 4 is 22.9 Å². The van der Waals surface area contributed by atoms with Gasteiger partial charge < -0.3 is 9.47 Å². The van der Waals surface area contributed by atoms with Crippen LogP contribution in [-0.2, 0) is 16.1 Å². The number of hydrogen-bond donors (Lipinski definition) is 0. The molecule has 0 amide bonds. The number of ether oxygens (including phenoxy) is 2. The molecule has 5 heteroatoms. The summed E-state index contributed by atoms with van der Waals surface area (Å²) in [6, 6.07) is 14.3. The monoisotopic (exact) mass is 351 g/mol. The Kier molecular flexibility index (Phi) is 5.59. The number of halogens is 1. The van der Waals surface area contributed by atoms with Gasteiger partial charge in [0.25, 0.3) is 0 Å². The van der Waals surface area contributed by atoms with E-state index in [1.807, 2.05) is 30.3 Å². The molecular weight excluding hydrogens is 333 g/mol. The van der Waals surface area contributed by atoms with E-state index in [-0.39, 0.29) is 13.2 Å². The second kappa shape index (κ2) is 8.25. The first kappa shape index (κ1) is 17.6. The van der Waals surface area contributed by atoms with E-state index in [4.69, 9.17) is 9.47 Å². The van der Waals surface area contributed by atoms with Gasteiger partial charge in [-0.15, -0.1) is 0 Å². The maximum atomic E-state index is 14.2. The van der Waals surface area contributed by atoms with E-state index in [0.29, 0.717) is 16.9 Å². The lowest BCUT2D eigenvalue weighted by Gasteiger charge is -2.09. The Balaban J connectivity index is 1.71. The van der Waals surface area contributed by atoms with E-state index in [2.05, 4.69) is 4.98 Å². The summed E-state index contributed by atoms with van der Waals surface area (Å²) in [5.41, 5.74) is 1.77. The van der Waals surface area contributed by atoms with Gasteiger partial charge in [-0.05, 0) is 36.8 Å². The van der Waals surface area contributed by atoms with Crippen LogP contribution in [0.3, 0.4) is 0 Å². The van der Waals surface area contributed by atoms with Crippen LogP contribution in [0.1, 0.15) is 18.1 Å². The molecule has 0 atom stereocenters. The maximum Gasteiger partial charge on any atom is 0.330 e. The summed E-state index contributed by atoms with van der Waals surface area (Å²) in [4.78, 5) is 15.6. The van der Waals surface area contributed by atoms with Crippen molar-refractivity contribution < 1.29 is 18.7 Å². The molecule has 0 saturated heterocycles. The summed E-state index contributed by atoms with van der Waals surface area (Å²) in [5, 5.41) is 0.982. The van der Waals surface area contributed by atoms with Gasteiger partial charge in [0.15, 0.2) is 0 Å². The molecule has 1 heterocycles. The van der Waals surface area contributed by atoms with Gasteiger partial charge in [0.05, 0.1) is 6.61 Å². The summed E-state index contributed by atoms with van der Waals surface area (Å²) in [7, 11) is 0. The first-order valence-electron chi connectivity index (χ1n) is 8.27. The van der Waals surface area contributed by atoms with Crippen molar-refractivity contribution in [3.05, 3.63) is 77.7 Å². The van der Waals surface area contributed by atoms with Gasteiger partial charge >= 0.3 is 5.97 Å². The molecular formula is C21H18FNO3. The number of nitrogens with zero attached hydrogens (tertiary/aromatic N) is 1. The Morgan fingerprint density at radius 3 is 2.85 bits per heavy atom. The van der Waals surface area contributed by atoms with Gasteiger partial charge in [-0.3, -0.25) is 4.98 Å². The lowest BCUT2D eigenvalue weighted by atomic mass is 10.1. The molecule has 0 unspecified atom stereocenters. The average Bonchev–Trinajstić information content (AvgIpc) is 2.66. The quantitative estimate of drug-likeness (QED) is 0.484. The number of hydrogen-bond acceptors (Lipinski definition) is 4. The zero-order valence-corrected chi connectivity index (χ0v) is 14.3. The highest BCUT2D eigenvalue weighted by molar-refractivity contribution is 5.87. The Bertz CT molecular complexity index is 948. The predicted octanol–water partition coefficient (Wildman–Crippen LogP) is 4.53. The molecule has 0 N–H and O–H groups in total. The van der Waals surface area contributed by atoms with E-state index >= 15 is 0 Å². The third-order valence-corrected chi connectivity index (χ3v) is 3.74. The van der Waals surface area contributed by atoms with Crippen LogP contribution in [0.4, 0.5) is 4.39 Å². The van der Waals surface area contributed by atoms with E-state index < -0.39 is 11.8 Å². The SMILES string of the molecule is CCOC(=O)/C=C/c1ccc(COc2cccc3cccnc23)cc1F. The van der Waals surface area contributed by atoms with Gasteiger partial charge in [0.2, 0.25) is 0 Å². The van der Waals surface area contributed by atoms with Crippen LogP contribution in [0.25, 0.3) is 17.0 Å². The number of pyridine rings is 1. The summed E-state index contributed by atoms with van der Waals surface area (Å²) in [6.45, 7) is 2.21. The molecule has 0 aliphatic carbocycles. The molecule has 0 aliphatic rings. The van der Waals surface area contributed by atoms with Crippen LogP contribution in [-0.4, -0.2) is 17.6 Å². The number of carbonyl (C=O) groups excluding carboxylic acids is 1. The van der Waals surface area contributed by atoms with Crippen LogP contribution < -0.4 is 4.74 Å².